The van der Waals surface area contributed by atoms with Gasteiger partial charge in [-0.2, -0.15) is 0 Å². The zero-order chi connectivity index (χ0) is 38.2. The highest BCUT2D eigenvalue weighted by molar-refractivity contribution is 6.59. The molecule has 0 spiro atoms. The molecule has 0 aliphatic heterocycles. The molecule has 0 heterocycles. The fourth-order valence-corrected chi connectivity index (χ4v) is 6.64. The zero-order valence-electron chi connectivity index (χ0n) is 29.3. The highest BCUT2D eigenvalue weighted by Crippen LogP contribution is 2.35. The average Bonchev–Trinajstić information content (AvgIpc) is 3.12. The van der Waals surface area contributed by atoms with Gasteiger partial charge in [0.15, 0.2) is 0 Å². The number of benzene rings is 5. The molecule has 0 saturated carbocycles. The average molecular weight is 723 g/mol. The number of carboxylic acids is 1. The molecule has 0 fully saturated rings. The first-order chi connectivity index (χ1) is 25.3. The molecule has 0 atom stereocenters. The van der Waals surface area contributed by atoms with Gasteiger partial charge in [0.25, 0.3) is 0 Å². The van der Waals surface area contributed by atoms with E-state index >= 15 is 0 Å². The van der Waals surface area contributed by atoms with Crippen LogP contribution in [0.5, 0.6) is 0 Å². The Hall–Kier alpha value is -4.95. The maximum Gasteiger partial charge on any atom is 0.488 e. The Morgan fingerprint density at radius 2 is 1.09 bits per heavy atom. The first-order valence-corrected chi connectivity index (χ1v) is 17.1. The van der Waals surface area contributed by atoms with Gasteiger partial charge in [0.05, 0.1) is 6.42 Å². The molecular weight excluding hydrogens is 682 g/mol. The molecule has 274 valence electrons. The summed E-state index contributed by atoms with van der Waals surface area (Å²) in [6, 6.07) is 23.2. The molecule has 0 unspecified atom stereocenters. The Labute approximate surface area is 306 Å². The number of carboxylic acid groups (broad SMARTS) is 1. The zero-order valence-corrected chi connectivity index (χ0v) is 29.3. The molecule has 0 aromatic heterocycles. The van der Waals surface area contributed by atoms with Crippen molar-refractivity contribution in [2.75, 3.05) is 19.6 Å². The standard InChI is InChI=1S/C39H41B2F2N3O7/c1-25(2)39(49)44-16-18-46(22-27-12-14-29(43)20-37(27)41(52)53)24-35-32-9-5-3-7-30(32)34(31-8-4-6-10-33(31)35)23-45(17-15-38(47)48)21-26-11-13-28(42)19-36(26)40(50)51/h3-14,19-20,50-53H,1,15-18,21-24H2,2H3,(H,44,49)(H,47,48). The van der Waals surface area contributed by atoms with Gasteiger partial charge in [-0.25, -0.2) is 8.78 Å². The number of nitrogens with one attached hydrogen (secondary N) is 1. The molecule has 53 heavy (non-hydrogen) atoms. The molecule has 5 aromatic carbocycles. The van der Waals surface area contributed by atoms with Crippen molar-refractivity contribution in [3.63, 3.8) is 0 Å². The van der Waals surface area contributed by atoms with Crippen LogP contribution in [0.3, 0.4) is 0 Å². The van der Waals surface area contributed by atoms with Gasteiger partial charge < -0.3 is 30.5 Å². The third-order valence-electron chi connectivity index (χ3n) is 9.22. The van der Waals surface area contributed by atoms with Gasteiger partial charge in [-0.1, -0.05) is 67.2 Å². The highest BCUT2D eigenvalue weighted by atomic mass is 19.1. The summed E-state index contributed by atoms with van der Waals surface area (Å²) in [5.41, 5.74) is 3.18. The van der Waals surface area contributed by atoms with Gasteiger partial charge >= 0.3 is 20.2 Å². The maximum absolute atomic E-state index is 14.2. The number of nitrogens with zero attached hydrogens (tertiary/aromatic N) is 2. The number of carbonyl (C=O) groups excluding carboxylic acids is 1. The largest absolute Gasteiger partial charge is 0.488 e. The molecule has 0 aliphatic carbocycles. The van der Waals surface area contributed by atoms with Gasteiger partial charge in [-0.15, -0.1) is 0 Å². The Morgan fingerprint density at radius 1 is 0.679 bits per heavy atom. The summed E-state index contributed by atoms with van der Waals surface area (Å²) >= 11 is 0. The lowest BCUT2D eigenvalue weighted by atomic mass is 9.76. The summed E-state index contributed by atoms with van der Waals surface area (Å²) in [7, 11) is -3.83. The Kier molecular flexibility index (Phi) is 13.1. The van der Waals surface area contributed by atoms with E-state index in [-0.39, 0.29) is 56.0 Å². The smallest absolute Gasteiger partial charge is 0.481 e. The minimum atomic E-state index is -1.92. The number of carbonyl (C=O) groups is 2. The van der Waals surface area contributed by atoms with E-state index in [1.807, 2.05) is 58.3 Å². The van der Waals surface area contributed by atoms with Crippen LogP contribution in [0, 0.1) is 11.6 Å². The molecule has 5 rings (SSSR count). The minimum Gasteiger partial charge on any atom is -0.481 e. The predicted molar refractivity (Wildman–Crippen MR) is 202 cm³/mol. The van der Waals surface area contributed by atoms with E-state index in [2.05, 4.69) is 11.9 Å². The van der Waals surface area contributed by atoms with Crippen molar-refractivity contribution in [2.45, 2.75) is 39.5 Å². The quantitative estimate of drug-likeness (QED) is 0.0484. The monoisotopic (exact) mass is 723 g/mol. The fourth-order valence-electron chi connectivity index (χ4n) is 6.64. The van der Waals surface area contributed by atoms with Gasteiger partial charge in [-0.3, -0.25) is 19.4 Å². The summed E-state index contributed by atoms with van der Waals surface area (Å²) in [4.78, 5) is 28.0. The Morgan fingerprint density at radius 3 is 1.47 bits per heavy atom. The number of halogens is 2. The molecule has 1 amide bonds. The number of fused-ring (bicyclic) bond motifs is 2. The Balaban J connectivity index is 1.59. The van der Waals surface area contributed by atoms with E-state index in [9.17, 15) is 43.6 Å². The number of hydrogen-bond acceptors (Lipinski definition) is 8. The Bertz CT molecular complexity index is 2080. The van der Waals surface area contributed by atoms with E-state index in [1.165, 1.54) is 24.3 Å². The first-order valence-electron chi connectivity index (χ1n) is 17.1. The molecule has 10 nitrogen and oxygen atoms in total. The van der Waals surface area contributed by atoms with E-state index in [4.69, 9.17) is 0 Å². The molecular formula is C39H41B2F2N3O7. The lowest BCUT2D eigenvalue weighted by Crippen LogP contribution is -2.38. The lowest BCUT2D eigenvalue weighted by molar-refractivity contribution is -0.137. The van der Waals surface area contributed by atoms with E-state index in [0.29, 0.717) is 29.8 Å². The summed E-state index contributed by atoms with van der Waals surface area (Å²) in [6.07, 6.45) is -0.184. The third-order valence-corrected chi connectivity index (χ3v) is 9.22. The van der Waals surface area contributed by atoms with Crippen LogP contribution < -0.4 is 16.2 Å². The van der Waals surface area contributed by atoms with Crippen molar-refractivity contribution < 1.29 is 43.6 Å². The number of aliphatic carboxylic acids is 1. The van der Waals surface area contributed by atoms with Gasteiger partial charge in [-0.05, 0) is 85.9 Å². The van der Waals surface area contributed by atoms with Crippen LogP contribution in [-0.2, 0) is 35.8 Å². The second kappa shape index (κ2) is 17.7. The van der Waals surface area contributed by atoms with Crippen molar-refractivity contribution >= 4 is 58.6 Å². The summed E-state index contributed by atoms with van der Waals surface area (Å²) in [5, 5.41) is 56.2. The summed E-state index contributed by atoms with van der Waals surface area (Å²) in [5.74, 6) is -2.53. The second-order valence-electron chi connectivity index (χ2n) is 13.1. The lowest BCUT2D eigenvalue weighted by Gasteiger charge is -2.28. The van der Waals surface area contributed by atoms with Crippen LogP contribution in [0.2, 0.25) is 0 Å². The van der Waals surface area contributed by atoms with E-state index in [0.717, 1.165) is 44.8 Å². The highest BCUT2D eigenvalue weighted by Gasteiger charge is 2.24. The second-order valence-corrected chi connectivity index (χ2v) is 13.1. The van der Waals surface area contributed by atoms with Crippen LogP contribution in [0.15, 0.2) is 97.1 Å². The van der Waals surface area contributed by atoms with Crippen molar-refractivity contribution in [1.29, 1.82) is 0 Å². The SMILES string of the molecule is C=C(C)C(=O)NCCN(Cc1ccc(F)cc1B(O)O)Cc1c2ccccc2c(CN(CCC(=O)O)Cc2ccc(F)cc2B(O)O)c2ccccc12. The van der Waals surface area contributed by atoms with Gasteiger partial charge in [0.1, 0.15) is 11.6 Å². The molecule has 0 saturated heterocycles. The van der Waals surface area contributed by atoms with Crippen LogP contribution >= 0.6 is 0 Å². The summed E-state index contributed by atoms with van der Waals surface area (Å²) < 4.78 is 28.2. The summed E-state index contributed by atoms with van der Waals surface area (Å²) in [6.45, 7) is 6.96. The van der Waals surface area contributed by atoms with Crippen molar-refractivity contribution in [3.8, 4) is 0 Å². The number of amides is 1. The van der Waals surface area contributed by atoms with Crippen molar-refractivity contribution in [2.24, 2.45) is 0 Å². The van der Waals surface area contributed by atoms with Crippen molar-refractivity contribution in [3.05, 3.63) is 131 Å². The first kappa shape index (κ1) is 39.3. The molecule has 0 aliphatic rings. The third kappa shape index (κ3) is 9.93. The van der Waals surface area contributed by atoms with E-state index < -0.39 is 31.8 Å². The van der Waals surface area contributed by atoms with Crippen LogP contribution in [0.4, 0.5) is 8.78 Å². The topological polar surface area (TPSA) is 154 Å². The fraction of sp³-hybridized carbons (Fsp3) is 0.231. The molecule has 0 bridgehead atoms. The molecule has 5 aromatic rings. The van der Waals surface area contributed by atoms with Gasteiger partial charge in [0, 0.05) is 51.4 Å². The normalized spacial score (nSPS) is 11.4. The minimum absolute atomic E-state index is 0.00653. The number of hydrogen-bond donors (Lipinski definition) is 6. The van der Waals surface area contributed by atoms with Crippen LogP contribution in [-0.4, -0.2) is 80.7 Å². The predicted octanol–water partition coefficient (Wildman–Crippen LogP) is 2.80. The maximum atomic E-state index is 14.2. The van der Waals surface area contributed by atoms with Crippen LogP contribution in [0.1, 0.15) is 35.6 Å². The number of rotatable bonds is 17. The van der Waals surface area contributed by atoms with Crippen LogP contribution in [0.25, 0.3) is 21.5 Å². The van der Waals surface area contributed by atoms with Crippen molar-refractivity contribution in [1.82, 2.24) is 15.1 Å². The van der Waals surface area contributed by atoms with Gasteiger partial charge in [0.2, 0.25) is 5.91 Å². The molecule has 0 radical (unpaired) electrons. The van der Waals surface area contributed by atoms with E-state index in [1.54, 1.807) is 6.92 Å². The molecule has 14 heteroatoms. The molecule has 6 N–H and O–H groups in total.